The van der Waals surface area contributed by atoms with Crippen LogP contribution in [0.5, 0.6) is 0 Å². The molecule has 1 saturated heterocycles. The van der Waals surface area contributed by atoms with Gasteiger partial charge >= 0.3 is 0 Å². The number of allylic oxidation sites excluding steroid dienone is 2. The molecule has 0 saturated carbocycles. The normalized spacial score (nSPS) is 14.9. The van der Waals surface area contributed by atoms with E-state index in [9.17, 15) is 4.39 Å². The Morgan fingerprint density at radius 2 is 2.03 bits per heavy atom. The van der Waals surface area contributed by atoms with Gasteiger partial charge in [-0.2, -0.15) is 5.10 Å². The molecule has 4 heterocycles. The highest BCUT2D eigenvalue weighted by atomic mass is 19.1. The van der Waals surface area contributed by atoms with Crippen LogP contribution in [-0.2, 0) is 0 Å². The van der Waals surface area contributed by atoms with E-state index in [0.29, 0.717) is 0 Å². The molecule has 0 spiro atoms. The molecule has 190 valence electrons. The van der Waals surface area contributed by atoms with E-state index in [1.165, 1.54) is 6.07 Å². The van der Waals surface area contributed by atoms with Crippen LogP contribution in [-0.4, -0.2) is 44.3 Å². The smallest absolute Gasteiger partial charge is 0.147 e. The predicted octanol–water partition coefficient (Wildman–Crippen LogP) is 3.90. The first kappa shape index (κ1) is 23.8. The van der Waals surface area contributed by atoms with E-state index >= 15 is 0 Å². The van der Waals surface area contributed by atoms with Gasteiger partial charge < -0.3 is 15.6 Å². The van der Waals surface area contributed by atoms with E-state index in [-0.39, 0.29) is 11.9 Å². The Labute approximate surface area is 219 Å². The van der Waals surface area contributed by atoms with Gasteiger partial charge in [0.25, 0.3) is 0 Å². The van der Waals surface area contributed by atoms with Gasteiger partial charge in [-0.1, -0.05) is 30.9 Å². The van der Waals surface area contributed by atoms with Crippen LogP contribution in [0.15, 0.2) is 60.9 Å². The van der Waals surface area contributed by atoms with E-state index in [0.717, 1.165) is 79.7 Å². The average molecular weight is 506 g/mol. The summed E-state index contributed by atoms with van der Waals surface area (Å²) in [6.07, 6.45) is 7.46. The van der Waals surface area contributed by atoms with Gasteiger partial charge in [0.05, 0.1) is 29.1 Å². The van der Waals surface area contributed by atoms with Crippen molar-refractivity contribution in [3.8, 4) is 22.5 Å². The number of nitrogens with two attached hydrogens (primary N) is 1. The number of anilines is 1. The lowest BCUT2D eigenvalue weighted by molar-refractivity contribution is 0.513. The van der Waals surface area contributed by atoms with Gasteiger partial charge in [-0.05, 0) is 66.5 Å². The van der Waals surface area contributed by atoms with E-state index in [1.54, 1.807) is 18.5 Å². The minimum Gasteiger partial charge on any atom is -0.353 e. The standard InChI is InChI=1S/C30H28FN7/c1-17-9-20(11-21(31)10-17)23-5-4-6-26-24(23)12-27(34-26)30-19(3)25(36-37-30)8-7-18(2)28-13-33-14-29(35-28)38-15-22(32)16-38/h4-14,22,34,36H,3,15-16,32H2,1-2H3/b18-7+,25-8+. The summed E-state index contributed by atoms with van der Waals surface area (Å²) in [5.74, 6) is 0.594. The van der Waals surface area contributed by atoms with Gasteiger partial charge in [0, 0.05) is 35.3 Å². The van der Waals surface area contributed by atoms with Gasteiger partial charge in [0.2, 0.25) is 0 Å². The summed E-state index contributed by atoms with van der Waals surface area (Å²) in [5, 5.41) is 10.2. The summed E-state index contributed by atoms with van der Waals surface area (Å²) >= 11 is 0. The zero-order valence-corrected chi connectivity index (χ0v) is 21.3. The highest BCUT2D eigenvalue weighted by Crippen LogP contribution is 2.32. The molecule has 1 aliphatic heterocycles. The average Bonchev–Trinajstić information content (AvgIpc) is 3.47. The Kier molecular flexibility index (Phi) is 5.88. The van der Waals surface area contributed by atoms with Gasteiger partial charge in [0.15, 0.2) is 0 Å². The largest absolute Gasteiger partial charge is 0.353 e. The molecular weight excluding hydrogens is 477 g/mol. The van der Waals surface area contributed by atoms with Crippen LogP contribution in [0.1, 0.15) is 18.2 Å². The Hall–Kier alpha value is -4.56. The third kappa shape index (κ3) is 4.39. The van der Waals surface area contributed by atoms with E-state index < -0.39 is 0 Å². The Morgan fingerprint density at radius 1 is 1.18 bits per heavy atom. The zero-order chi connectivity index (χ0) is 26.4. The molecule has 6 rings (SSSR count). The van der Waals surface area contributed by atoms with Crippen molar-refractivity contribution in [3.63, 3.8) is 0 Å². The summed E-state index contributed by atoms with van der Waals surface area (Å²) in [6.45, 7) is 9.77. The molecule has 8 heteroatoms. The molecule has 0 aliphatic carbocycles. The zero-order valence-electron chi connectivity index (χ0n) is 21.3. The number of aromatic amines is 2. The van der Waals surface area contributed by atoms with Gasteiger partial charge in [-0.15, -0.1) is 0 Å². The maximum atomic E-state index is 14.1. The number of fused-ring (bicyclic) bond motifs is 1. The molecular formula is C30H28FN7. The minimum absolute atomic E-state index is 0.199. The molecule has 1 aliphatic rings. The van der Waals surface area contributed by atoms with E-state index in [1.807, 2.05) is 56.3 Å². The Balaban J connectivity index is 1.32. The second-order valence-electron chi connectivity index (χ2n) is 9.88. The van der Waals surface area contributed by atoms with Crippen LogP contribution < -0.4 is 21.2 Å². The van der Waals surface area contributed by atoms with Crippen LogP contribution in [0.2, 0.25) is 0 Å². The van der Waals surface area contributed by atoms with Crippen LogP contribution >= 0.6 is 0 Å². The van der Waals surface area contributed by atoms with Crippen molar-refractivity contribution in [1.29, 1.82) is 0 Å². The number of nitrogens with one attached hydrogen (secondary N) is 2. The lowest BCUT2D eigenvalue weighted by Crippen LogP contribution is -2.56. The van der Waals surface area contributed by atoms with Crippen molar-refractivity contribution in [2.45, 2.75) is 19.9 Å². The number of hydrogen-bond acceptors (Lipinski definition) is 5. The molecule has 0 bridgehead atoms. The van der Waals surface area contributed by atoms with Crippen LogP contribution in [0.25, 0.3) is 51.6 Å². The van der Waals surface area contributed by atoms with Crippen LogP contribution in [0.3, 0.4) is 0 Å². The monoisotopic (exact) mass is 505 g/mol. The summed E-state index contributed by atoms with van der Waals surface area (Å²) < 4.78 is 14.1. The molecule has 1 fully saturated rings. The predicted molar refractivity (Wildman–Crippen MR) is 151 cm³/mol. The molecule has 4 N–H and O–H groups in total. The molecule has 0 atom stereocenters. The summed E-state index contributed by atoms with van der Waals surface area (Å²) in [7, 11) is 0. The first-order valence-electron chi connectivity index (χ1n) is 12.5. The van der Waals surface area contributed by atoms with Crippen molar-refractivity contribution < 1.29 is 4.39 Å². The van der Waals surface area contributed by atoms with Crippen LogP contribution in [0, 0.1) is 12.7 Å². The van der Waals surface area contributed by atoms with Crippen molar-refractivity contribution in [1.82, 2.24) is 25.1 Å². The third-order valence-corrected chi connectivity index (χ3v) is 6.93. The minimum atomic E-state index is -0.244. The van der Waals surface area contributed by atoms with Crippen LogP contribution in [0.4, 0.5) is 10.2 Å². The molecule has 5 aromatic rings. The van der Waals surface area contributed by atoms with Crippen molar-refractivity contribution >= 4 is 34.9 Å². The topological polar surface area (TPSA) is 99.5 Å². The number of halogens is 1. The lowest BCUT2D eigenvalue weighted by atomic mass is 10.00. The lowest BCUT2D eigenvalue weighted by Gasteiger charge is -2.37. The number of rotatable bonds is 5. The molecule has 38 heavy (non-hydrogen) atoms. The second-order valence-corrected chi connectivity index (χ2v) is 9.88. The van der Waals surface area contributed by atoms with E-state index in [2.05, 4.69) is 31.6 Å². The third-order valence-electron chi connectivity index (χ3n) is 6.93. The highest BCUT2D eigenvalue weighted by Gasteiger charge is 2.24. The Bertz CT molecular complexity index is 1790. The van der Waals surface area contributed by atoms with Gasteiger partial charge in [-0.25, -0.2) is 9.37 Å². The SMILES string of the molecule is C=c1c(-c2cc3c(-c4cc(C)cc(F)c4)cccc3[nH]2)n[nH]/c1=C/C=C(\C)c1cncc(N2CC(N)C2)n1. The molecule has 0 amide bonds. The number of nitrogens with zero attached hydrogens (tertiary/aromatic N) is 4. The van der Waals surface area contributed by atoms with Gasteiger partial charge in [0.1, 0.15) is 17.3 Å². The van der Waals surface area contributed by atoms with E-state index in [4.69, 9.17) is 10.7 Å². The fraction of sp³-hybridized carbons (Fsp3) is 0.167. The van der Waals surface area contributed by atoms with Crippen molar-refractivity contribution in [2.75, 3.05) is 18.0 Å². The highest BCUT2D eigenvalue weighted by molar-refractivity contribution is 5.98. The molecule has 0 unspecified atom stereocenters. The first-order valence-corrected chi connectivity index (χ1v) is 12.5. The number of aryl methyl sites for hydroxylation is 1. The van der Waals surface area contributed by atoms with Crippen molar-refractivity contribution in [2.24, 2.45) is 5.73 Å². The summed E-state index contributed by atoms with van der Waals surface area (Å²) in [4.78, 5) is 14.7. The number of aromatic nitrogens is 5. The first-order chi connectivity index (χ1) is 18.4. The van der Waals surface area contributed by atoms with Crippen molar-refractivity contribution in [3.05, 3.63) is 88.6 Å². The molecule has 7 nitrogen and oxygen atoms in total. The Morgan fingerprint density at radius 3 is 2.82 bits per heavy atom. The maximum absolute atomic E-state index is 14.1. The summed E-state index contributed by atoms with van der Waals surface area (Å²) in [6, 6.07) is 13.3. The summed E-state index contributed by atoms with van der Waals surface area (Å²) in [5.41, 5.74) is 12.9. The quantitative estimate of drug-likeness (QED) is 0.336. The second kappa shape index (κ2) is 9.39. The number of H-pyrrole nitrogens is 2. The number of hydrogen-bond donors (Lipinski definition) is 3. The van der Waals surface area contributed by atoms with Gasteiger partial charge in [-0.3, -0.25) is 10.1 Å². The molecule has 2 aromatic carbocycles. The fourth-order valence-corrected chi connectivity index (χ4v) is 4.86. The maximum Gasteiger partial charge on any atom is 0.147 e. The number of benzene rings is 2. The molecule has 0 radical (unpaired) electrons. The molecule has 3 aromatic heterocycles. The fourth-order valence-electron chi connectivity index (χ4n) is 4.86.